The minimum Gasteiger partial charge on any atom is -0.369 e. The summed E-state index contributed by atoms with van der Waals surface area (Å²) in [5.41, 5.74) is 8.13. The third kappa shape index (κ3) is 2.83. The summed E-state index contributed by atoms with van der Waals surface area (Å²) in [6, 6.07) is 3.19. The number of hydrogen-bond donors (Lipinski definition) is 2. The zero-order valence-corrected chi connectivity index (χ0v) is 13.6. The average molecular weight is 368 g/mol. The van der Waals surface area contributed by atoms with Crippen LogP contribution in [0.15, 0.2) is 22.1 Å². The molecule has 1 aromatic rings. The lowest BCUT2D eigenvalue weighted by Gasteiger charge is -2.46. The van der Waals surface area contributed by atoms with Gasteiger partial charge in [-0.05, 0) is 37.8 Å². The first-order valence-corrected chi connectivity index (χ1v) is 7.99. The van der Waals surface area contributed by atoms with Crippen molar-refractivity contribution in [1.82, 2.24) is 0 Å². The van der Waals surface area contributed by atoms with Crippen LogP contribution < -0.4 is 16.4 Å². The fraction of sp³-hybridized carbons (Fsp3) is 0.438. The molecule has 1 aromatic carbocycles. The van der Waals surface area contributed by atoms with Crippen molar-refractivity contribution in [3.8, 4) is 6.07 Å². The molecule has 0 saturated heterocycles. The van der Waals surface area contributed by atoms with Gasteiger partial charge < -0.3 is 11.5 Å². The van der Waals surface area contributed by atoms with Crippen molar-refractivity contribution in [3.63, 3.8) is 0 Å². The number of hydrogen-bond acceptors (Lipinski definition) is 6. The quantitative estimate of drug-likeness (QED) is 0.744. The predicted molar refractivity (Wildman–Crippen MR) is 87.7 cm³/mol. The van der Waals surface area contributed by atoms with Crippen molar-refractivity contribution in [1.29, 1.82) is 5.26 Å². The monoisotopic (exact) mass is 368 g/mol. The molecule has 3 rings (SSSR count). The predicted octanol–water partition coefficient (Wildman–Crippen LogP) is 2.83. The summed E-state index contributed by atoms with van der Waals surface area (Å²) in [7, 11) is 0. The number of nitriles is 1. The van der Waals surface area contributed by atoms with Crippen molar-refractivity contribution in [2.75, 3.05) is 4.90 Å². The topological polar surface area (TPSA) is 104 Å². The molecule has 1 spiro atoms. The minimum absolute atomic E-state index is 0.119. The van der Waals surface area contributed by atoms with Gasteiger partial charge in [0.1, 0.15) is 17.4 Å². The molecule has 26 heavy (non-hydrogen) atoms. The van der Waals surface area contributed by atoms with Crippen LogP contribution in [0.2, 0.25) is 0 Å². The van der Waals surface area contributed by atoms with Gasteiger partial charge in [0.05, 0.1) is 11.1 Å². The van der Waals surface area contributed by atoms with E-state index in [1.165, 1.54) is 0 Å². The maximum Gasteiger partial charge on any atom is 0.419 e. The summed E-state index contributed by atoms with van der Waals surface area (Å²) < 4.78 is 54.4. The van der Waals surface area contributed by atoms with Crippen LogP contribution in [-0.4, -0.2) is 17.6 Å². The van der Waals surface area contributed by atoms with Crippen LogP contribution in [0, 0.1) is 17.1 Å². The van der Waals surface area contributed by atoms with E-state index in [1.807, 2.05) is 0 Å². The van der Waals surface area contributed by atoms with E-state index in [4.69, 9.17) is 11.5 Å². The summed E-state index contributed by atoms with van der Waals surface area (Å²) in [4.78, 5) is 9.18. The molecule has 0 unspecified atom stereocenters. The molecule has 6 nitrogen and oxygen atoms in total. The fourth-order valence-electron chi connectivity index (χ4n) is 3.54. The smallest absolute Gasteiger partial charge is 0.369 e. The van der Waals surface area contributed by atoms with Crippen LogP contribution >= 0.6 is 0 Å². The van der Waals surface area contributed by atoms with Crippen LogP contribution in [0.5, 0.6) is 0 Å². The van der Waals surface area contributed by atoms with Gasteiger partial charge in [0, 0.05) is 0 Å². The van der Waals surface area contributed by atoms with Crippen LogP contribution in [0.3, 0.4) is 0 Å². The van der Waals surface area contributed by atoms with Gasteiger partial charge in [-0.15, -0.1) is 0 Å². The summed E-state index contributed by atoms with van der Waals surface area (Å²) in [5, 5.41) is 9.33. The number of alkyl halides is 3. The largest absolute Gasteiger partial charge is 0.419 e. The van der Waals surface area contributed by atoms with E-state index >= 15 is 0 Å². The molecule has 1 saturated carbocycles. The Morgan fingerprint density at radius 2 is 1.81 bits per heavy atom. The Bertz CT molecular complexity index is 830. The molecule has 4 N–H and O–H groups in total. The highest BCUT2D eigenvalue weighted by Gasteiger charge is 2.46. The van der Waals surface area contributed by atoms with E-state index in [1.54, 1.807) is 6.07 Å². The third-order valence-corrected chi connectivity index (χ3v) is 4.62. The number of nitrogens with zero attached hydrogens (tertiary/aromatic N) is 4. The van der Waals surface area contributed by atoms with Gasteiger partial charge in [0.25, 0.3) is 0 Å². The van der Waals surface area contributed by atoms with Crippen molar-refractivity contribution >= 4 is 17.6 Å². The molecule has 0 radical (unpaired) electrons. The van der Waals surface area contributed by atoms with E-state index in [2.05, 4.69) is 9.98 Å². The third-order valence-electron chi connectivity index (χ3n) is 4.62. The lowest BCUT2D eigenvalue weighted by Crippen LogP contribution is -2.58. The van der Waals surface area contributed by atoms with Gasteiger partial charge in [-0.1, -0.05) is 6.42 Å². The molecule has 0 aromatic heterocycles. The number of halogens is 4. The van der Waals surface area contributed by atoms with E-state index in [9.17, 15) is 22.8 Å². The lowest BCUT2D eigenvalue weighted by molar-refractivity contribution is -0.139. The first-order chi connectivity index (χ1) is 12.2. The zero-order valence-electron chi connectivity index (χ0n) is 13.6. The first-order valence-electron chi connectivity index (χ1n) is 7.99. The lowest BCUT2D eigenvalue weighted by atomic mass is 9.86. The average Bonchev–Trinajstić information content (AvgIpc) is 2.55. The normalized spacial score (nSPS) is 19.7. The second-order valence-corrected chi connectivity index (χ2v) is 6.25. The molecule has 0 amide bonds. The molecule has 1 aliphatic carbocycles. The van der Waals surface area contributed by atoms with Crippen molar-refractivity contribution in [2.45, 2.75) is 43.9 Å². The number of anilines is 1. The Kier molecular flexibility index (Phi) is 4.26. The highest BCUT2D eigenvalue weighted by molar-refractivity contribution is 6.06. The molecular formula is C16H16F4N6. The van der Waals surface area contributed by atoms with Crippen molar-refractivity contribution in [2.24, 2.45) is 21.5 Å². The molecule has 1 aliphatic heterocycles. The molecule has 1 fully saturated rings. The summed E-state index contributed by atoms with van der Waals surface area (Å²) in [6.45, 7) is 0. The van der Waals surface area contributed by atoms with E-state index in [0.717, 1.165) is 17.4 Å². The Morgan fingerprint density at radius 1 is 1.15 bits per heavy atom. The van der Waals surface area contributed by atoms with Gasteiger partial charge in [0.15, 0.2) is 5.82 Å². The fourth-order valence-corrected chi connectivity index (χ4v) is 3.54. The standard InChI is InChI=1S/C16H16F4N6/c17-11-10(16(18,19)20)5-4-9(8-21)12(11)26-14(23)24-13(22)25-15(26)6-2-1-3-7-15/h4-5H,1-3,6-7H2,(H4,22,23,24,25). The maximum atomic E-state index is 14.9. The van der Waals surface area contributed by atoms with E-state index in [0.29, 0.717) is 31.7 Å². The number of benzene rings is 1. The van der Waals surface area contributed by atoms with Crippen LogP contribution in [0.25, 0.3) is 0 Å². The van der Waals surface area contributed by atoms with Crippen molar-refractivity contribution in [3.05, 3.63) is 29.1 Å². The second kappa shape index (κ2) is 6.16. The first kappa shape index (κ1) is 18.0. The molecule has 1 heterocycles. The Labute approximate surface area is 146 Å². The minimum atomic E-state index is -4.92. The zero-order chi connectivity index (χ0) is 19.1. The number of guanidine groups is 2. The molecule has 2 aliphatic rings. The summed E-state index contributed by atoms with van der Waals surface area (Å²) in [6.07, 6.45) is -1.78. The molecule has 10 heteroatoms. The second-order valence-electron chi connectivity index (χ2n) is 6.25. The van der Waals surface area contributed by atoms with E-state index in [-0.39, 0.29) is 17.5 Å². The molecule has 138 valence electrons. The van der Waals surface area contributed by atoms with Crippen molar-refractivity contribution < 1.29 is 17.6 Å². The number of rotatable bonds is 1. The highest BCUT2D eigenvalue weighted by atomic mass is 19.4. The SMILES string of the molecule is N#Cc1ccc(C(F)(F)F)c(F)c1N1C(N)=NC(N)=NC12CCCCC2. The highest BCUT2D eigenvalue weighted by Crippen LogP contribution is 2.44. The van der Waals surface area contributed by atoms with Gasteiger partial charge in [-0.3, -0.25) is 4.90 Å². The van der Waals surface area contributed by atoms with Gasteiger partial charge >= 0.3 is 6.18 Å². The summed E-state index contributed by atoms with van der Waals surface area (Å²) >= 11 is 0. The molecular weight excluding hydrogens is 352 g/mol. The van der Waals surface area contributed by atoms with Gasteiger partial charge in [0.2, 0.25) is 11.9 Å². The van der Waals surface area contributed by atoms with E-state index < -0.39 is 28.9 Å². The number of aliphatic imine (C=N–C) groups is 2. The van der Waals surface area contributed by atoms with Gasteiger partial charge in [-0.2, -0.15) is 23.4 Å². The van der Waals surface area contributed by atoms with Crippen LogP contribution in [-0.2, 0) is 6.18 Å². The molecule has 0 atom stereocenters. The van der Waals surface area contributed by atoms with Crippen LogP contribution in [0.4, 0.5) is 23.2 Å². The number of nitrogens with two attached hydrogens (primary N) is 2. The van der Waals surface area contributed by atoms with Crippen LogP contribution in [0.1, 0.15) is 43.2 Å². The molecule has 0 bridgehead atoms. The maximum absolute atomic E-state index is 14.9. The van der Waals surface area contributed by atoms with Gasteiger partial charge in [-0.25, -0.2) is 9.38 Å². The Morgan fingerprint density at radius 3 is 2.38 bits per heavy atom. The summed E-state index contributed by atoms with van der Waals surface area (Å²) in [5.74, 6) is -1.98. The Hall–Kier alpha value is -2.83. The Balaban J connectivity index is 2.26.